The number of sulfone groups is 1. The predicted octanol–water partition coefficient (Wildman–Crippen LogP) is 3.84. The van der Waals surface area contributed by atoms with Crippen LogP contribution in [-0.4, -0.2) is 42.8 Å². The standard InChI is InChI=1S/C12H11BrF3N3O2S3/c13-8-1-3-9(4-2-8)24(20,21)6-5-22-11-19-18-10(23-11)17-7-12(14,15)16/h1-4H,5-7H2,(H,17,18). The zero-order valence-electron chi connectivity index (χ0n) is 11.9. The Morgan fingerprint density at radius 2 is 1.88 bits per heavy atom. The first-order valence-electron chi connectivity index (χ1n) is 6.41. The van der Waals surface area contributed by atoms with Crippen molar-refractivity contribution in [3.8, 4) is 0 Å². The number of nitrogens with one attached hydrogen (secondary N) is 1. The van der Waals surface area contributed by atoms with Crippen LogP contribution in [-0.2, 0) is 9.84 Å². The molecule has 5 nitrogen and oxygen atoms in total. The Morgan fingerprint density at radius 3 is 2.50 bits per heavy atom. The first kappa shape index (κ1) is 19.5. The van der Waals surface area contributed by atoms with E-state index in [0.717, 1.165) is 27.6 Å². The summed E-state index contributed by atoms with van der Waals surface area (Å²) in [6, 6.07) is 6.30. The Bertz CT molecular complexity index is 779. The first-order valence-corrected chi connectivity index (χ1v) is 10.7. The fourth-order valence-corrected chi connectivity index (χ4v) is 5.24. The number of alkyl halides is 3. The van der Waals surface area contributed by atoms with Crippen LogP contribution in [0.4, 0.5) is 18.3 Å². The Labute approximate surface area is 153 Å². The summed E-state index contributed by atoms with van der Waals surface area (Å²) < 4.78 is 61.8. The van der Waals surface area contributed by atoms with Crippen LogP contribution in [0.3, 0.4) is 0 Å². The van der Waals surface area contributed by atoms with E-state index in [2.05, 4.69) is 31.4 Å². The molecular weight excluding hydrogens is 451 g/mol. The Balaban J connectivity index is 1.85. The number of rotatable bonds is 7. The van der Waals surface area contributed by atoms with E-state index in [1.165, 1.54) is 12.1 Å². The van der Waals surface area contributed by atoms with Crippen molar-refractivity contribution in [2.75, 3.05) is 23.4 Å². The maximum Gasteiger partial charge on any atom is 0.405 e. The summed E-state index contributed by atoms with van der Waals surface area (Å²) in [5.74, 6) is 0.122. The molecule has 0 aliphatic carbocycles. The molecule has 2 rings (SSSR count). The van der Waals surface area contributed by atoms with E-state index in [4.69, 9.17) is 0 Å². The van der Waals surface area contributed by atoms with Crippen molar-refractivity contribution in [3.05, 3.63) is 28.7 Å². The largest absolute Gasteiger partial charge is 0.405 e. The van der Waals surface area contributed by atoms with Crippen LogP contribution in [0.25, 0.3) is 0 Å². The van der Waals surface area contributed by atoms with Crippen LogP contribution >= 0.6 is 39.0 Å². The number of hydrogen-bond donors (Lipinski definition) is 1. The summed E-state index contributed by atoms with van der Waals surface area (Å²) in [6.07, 6.45) is -4.34. The van der Waals surface area contributed by atoms with Crippen LogP contribution in [0, 0.1) is 0 Å². The van der Waals surface area contributed by atoms with E-state index in [0.29, 0.717) is 4.34 Å². The van der Waals surface area contributed by atoms with Crippen LogP contribution in [0.1, 0.15) is 0 Å². The molecule has 0 bridgehead atoms. The SMILES string of the molecule is O=S(=O)(CCSc1nnc(NCC(F)(F)F)s1)c1ccc(Br)cc1. The average molecular weight is 462 g/mol. The molecule has 1 aromatic heterocycles. The second-order valence-corrected chi connectivity index (χ2v) is 9.81. The molecule has 0 aliphatic rings. The van der Waals surface area contributed by atoms with Gasteiger partial charge in [0, 0.05) is 10.2 Å². The van der Waals surface area contributed by atoms with E-state index >= 15 is 0 Å². The van der Waals surface area contributed by atoms with Gasteiger partial charge in [-0.05, 0) is 24.3 Å². The lowest BCUT2D eigenvalue weighted by molar-refractivity contribution is -0.115. The smallest absolute Gasteiger partial charge is 0.351 e. The lowest BCUT2D eigenvalue weighted by Crippen LogP contribution is -2.21. The highest BCUT2D eigenvalue weighted by Crippen LogP contribution is 2.27. The molecule has 0 fully saturated rings. The summed E-state index contributed by atoms with van der Waals surface area (Å²) in [7, 11) is -3.42. The highest BCUT2D eigenvalue weighted by Gasteiger charge is 2.27. The number of halogens is 4. The van der Waals surface area contributed by atoms with Crippen LogP contribution in [0.2, 0.25) is 0 Å². The molecule has 1 aromatic carbocycles. The zero-order chi connectivity index (χ0) is 17.8. The highest BCUT2D eigenvalue weighted by molar-refractivity contribution is 9.10. The normalized spacial score (nSPS) is 12.3. The number of aromatic nitrogens is 2. The van der Waals surface area contributed by atoms with Crippen LogP contribution in [0.5, 0.6) is 0 Å². The van der Waals surface area contributed by atoms with Crippen molar-refractivity contribution in [2.24, 2.45) is 0 Å². The summed E-state index contributed by atoms with van der Waals surface area (Å²) in [4.78, 5) is 0.219. The molecule has 24 heavy (non-hydrogen) atoms. The third kappa shape index (κ3) is 6.22. The lowest BCUT2D eigenvalue weighted by atomic mass is 10.4. The lowest BCUT2D eigenvalue weighted by Gasteiger charge is -2.05. The molecule has 0 saturated carbocycles. The van der Waals surface area contributed by atoms with Gasteiger partial charge in [-0.1, -0.05) is 39.0 Å². The van der Waals surface area contributed by atoms with Crippen LogP contribution < -0.4 is 5.32 Å². The molecule has 132 valence electrons. The van der Waals surface area contributed by atoms with E-state index in [9.17, 15) is 21.6 Å². The molecule has 1 heterocycles. The molecule has 0 radical (unpaired) electrons. The second-order valence-electron chi connectivity index (χ2n) is 4.46. The zero-order valence-corrected chi connectivity index (χ0v) is 15.9. The summed E-state index contributed by atoms with van der Waals surface area (Å²) in [5.41, 5.74) is 0. The third-order valence-electron chi connectivity index (χ3n) is 2.60. The number of anilines is 1. The van der Waals surface area contributed by atoms with Gasteiger partial charge in [-0.3, -0.25) is 0 Å². The number of thioether (sulfide) groups is 1. The molecule has 0 atom stereocenters. The third-order valence-corrected chi connectivity index (χ3v) is 7.13. The molecular formula is C12H11BrF3N3O2S3. The maximum absolute atomic E-state index is 12.2. The van der Waals surface area contributed by atoms with Crippen molar-refractivity contribution >= 4 is 54.0 Å². The average Bonchev–Trinajstić information content (AvgIpc) is 2.93. The molecule has 12 heteroatoms. The molecule has 0 saturated heterocycles. The molecule has 0 unspecified atom stereocenters. The Morgan fingerprint density at radius 1 is 1.21 bits per heavy atom. The Hall–Kier alpha value is -0.850. The van der Waals surface area contributed by atoms with E-state index in [1.54, 1.807) is 12.1 Å². The van der Waals surface area contributed by atoms with Gasteiger partial charge in [0.1, 0.15) is 6.54 Å². The minimum absolute atomic E-state index is 0.0468. The van der Waals surface area contributed by atoms with Crippen molar-refractivity contribution in [2.45, 2.75) is 15.4 Å². The van der Waals surface area contributed by atoms with Gasteiger partial charge in [0.25, 0.3) is 0 Å². The van der Waals surface area contributed by atoms with Gasteiger partial charge in [-0.15, -0.1) is 10.2 Å². The molecule has 2 aromatic rings. The summed E-state index contributed by atoms with van der Waals surface area (Å²) in [6.45, 7) is -1.19. The molecule has 1 N–H and O–H groups in total. The minimum atomic E-state index is -4.34. The van der Waals surface area contributed by atoms with Gasteiger partial charge in [-0.25, -0.2) is 8.42 Å². The van der Waals surface area contributed by atoms with E-state index < -0.39 is 22.6 Å². The van der Waals surface area contributed by atoms with Gasteiger partial charge in [0.05, 0.1) is 10.6 Å². The maximum atomic E-state index is 12.2. The Kier molecular flexibility index (Phi) is 6.51. The van der Waals surface area contributed by atoms with Gasteiger partial charge in [0.15, 0.2) is 14.2 Å². The van der Waals surface area contributed by atoms with Gasteiger partial charge in [0.2, 0.25) is 5.13 Å². The number of nitrogens with zero attached hydrogens (tertiary/aromatic N) is 2. The van der Waals surface area contributed by atoms with Gasteiger partial charge >= 0.3 is 6.18 Å². The predicted molar refractivity (Wildman–Crippen MR) is 91.4 cm³/mol. The van der Waals surface area contributed by atoms with Crippen molar-refractivity contribution in [3.63, 3.8) is 0 Å². The van der Waals surface area contributed by atoms with Crippen LogP contribution in [0.15, 0.2) is 38.0 Å². The summed E-state index contributed by atoms with van der Waals surface area (Å²) in [5, 5.41) is 9.48. The highest BCUT2D eigenvalue weighted by atomic mass is 79.9. The van der Waals surface area contributed by atoms with Crippen molar-refractivity contribution in [1.82, 2.24) is 10.2 Å². The quantitative estimate of drug-likeness (QED) is 0.631. The molecule has 0 aliphatic heterocycles. The minimum Gasteiger partial charge on any atom is -0.351 e. The first-order chi connectivity index (χ1) is 11.2. The molecule has 0 spiro atoms. The summed E-state index contributed by atoms with van der Waals surface area (Å²) >= 11 is 5.32. The number of benzene rings is 1. The van der Waals surface area contributed by atoms with Gasteiger partial charge < -0.3 is 5.32 Å². The fraction of sp³-hybridized carbons (Fsp3) is 0.333. The second kappa shape index (κ2) is 8.02. The topological polar surface area (TPSA) is 72.0 Å². The fourth-order valence-electron chi connectivity index (χ4n) is 1.51. The van der Waals surface area contributed by atoms with E-state index in [1.807, 2.05) is 0 Å². The van der Waals surface area contributed by atoms with E-state index in [-0.39, 0.29) is 21.5 Å². The van der Waals surface area contributed by atoms with Crippen molar-refractivity contribution < 1.29 is 21.6 Å². The van der Waals surface area contributed by atoms with Crippen molar-refractivity contribution in [1.29, 1.82) is 0 Å². The monoisotopic (exact) mass is 461 g/mol. The van der Waals surface area contributed by atoms with Gasteiger partial charge in [-0.2, -0.15) is 13.2 Å². The molecule has 0 amide bonds. The number of hydrogen-bond acceptors (Lipinski definition) is 7.